The molecule has 1 aliphatic rings. The summed E-state index contributed by atoms with van der Waals surface area (Å²) in [5.74, 6) is 0.314. The predicted molar refractivity (Wildman–Crippen MR) is 104 cm³/mol. The standard InChI is InChI=1S/C20H33N3O2/c1-7-22-20(21)14(4)9-11-19(24)23-17-12-15(5)18(25-16(17)6)10-8-13(2)3/h7-9,11,14-18,21H,10,12H2,1-6H3,(H,23,24)/b11-9-,21-20?,22-7?. The molecule has 1 heterocycles. The molecule has 1 amide bonds. The first-order valence-corrected chi connectivity index (χ1v) is 9.09. The number of rotatable bonds is 6. The summed E-state index contributed by atoms with van der Waals surface area (Å²) in [6.45, 7) is 12.0. The van der Waals surface area contributed by atoms with E-state index in [4.69, 9.17) is 10.1 Å². The molecule has 1 aliphatic heterocycles. The summed E-state index contributed by atoms with van der Waals surface area (Å²) in [5, 5.41) is 10.8. The van der Waals surface area contributed by atoms with E-state index in [1.807, 2.05) is 13.8 Å². The Bertz CT molecular complexity index is 547. The number of carbonyl (C=O) groups excluding carboxylic acids is 1. The summed E-state index contributed by atoms with van der Waals surface area (Å²) in [4.78, 5) is 16.1. The van der Waals surface area contributed by atoms with Gasteiger partial charge in [0.05, 0.1) is 18.2 Å². The van der Waals surface area contributed by atoms with E-state index in [0.29, 0.717) is 5.92 Å². The van der Waals surface area contributed by atoms with Gasteiger partial charge in [0.15, 0.2) is 0 Å². The van der Waals surface area contributed by atoms with Gasteiger partial charge in [0, 0.05) is 12.1 Å². The average Bonchev–Trinajstić information content (AvgIpc) is 2.54. The highest BCUT2D eigenvalue weighted by atomic mass is 16.5. The molecule has 5 nitrogen and oxygen atoms in total. The van der Waals surface area contributed by atoms with Crippen LogP contribution in [-0.4, -0.2) is 36.2 Å². The molecule has 0 saturated carbocycles. The quantitative estimate of drug-likeness (QED) is 0.331. The van der Waals surface area contributed by atoms with Gasteiger partial charge in [0.2, 0.25) is 5.91 Å². The normalized spacial score (nSPS) is 28.1. The van der Waals surface area contributed by atoms with E-state index < -0.39 is 0 Å². The van der Waals surface area contributed by atoms with E-state index in [1.54, 1.807) is 19.2 Å². The second-order valence-corrected chi connectivity index (χ2v) is 7.15. The first kappa shape index (κ1) is 21.3. The molecule has 140 valence electrons. The Labute approximate surface area is 152 Å². The van der Waals surface area contributed by atoms with Crippen LogP contribution in [0.5, 0.6) is 0 Å². The van der Waals surface area contributed by atoms with Gasteiger partial charge in [-0.2, -0.15) is 0 Å². The number of amides is 1. The molecule has 1 saturated heterocycles. The van der Waals surface area contributed by atoms with E-state index in [-0.39, 0.29) is 35.9 Å². The monoisotopic (exact) mass is 347 g/mol. The zero-order chi connectivity index (χ0) is 19.0. The predicted octanol–water partition coefficient (Wildman–Crippen LogP) is 3.90. The van der Waals surface area contributed by atoms with Gasteiger partial charge in [-0.1, -0.05) is 31.6 Å². The minimum atomic E-state index is -0.186. The van der Waals surface area contributed by atoms with Gasteiger partial charge in [-0.15, -0.1) is 0 Å². The topological polar surface area (TPSA) is 74.5 Å². The van der Waals surface area contributed by atoms with Gasteiger partial charge in [0.25, 0.3) is 0 Å². The molecule has 0 spiro atoms. The SMILES string of the molecule is CC=NC(=N)C(C)/C=C\C(=O)NC1CC(C)C(CC=C(C)C)OC1C. The molecular formula is C20H33N3O2. The molecule has 0 aliphatic carbocycles. The van der Waals surface area contributed by atoms with Crippen LogP contribution >= 0.6 is 0 Å². The molecule has 2 N–H and O–H groups in total. The maximum absolute atomic E-state index is 12.2. The summed E-state index contributed by atoms with van der Waals surface area (Å²) >= 11 is 0. The number of hydrogen-bond acceptors (Lipinski definition) is 3. The van der Waals surface area contributed by atoms with Gasteiger partial charge in [-0.3, -0.25) is 10.2 Å². The lowest BCUT2D eigenvalue weighted by Crippen LogP contribution is -2.50. The summed E-state index contributed by atoms with van der Waals surface area (Å²) in [5.41, 5.74) is 1.30. The highest BCUT2D eigenvalue weighted by Crippen LogP contribution is 2.27. The smallest absolute Gasteiger partial charge is 0.243 e. The van der Waals surface area contributed by atoms with Crippen molar-refractivity contribution in [3.05, 3.63) is 23.8 Å². The number of nitrogens with one attached hydrogen (secondary N) is 2. The number of aliphatic imine (C=N–C) groups is 1. The van der Waals surface area contributed by atoms with Crippen molar-refractivity contribution in [1.82, 2.24) is 5.32 Å². The number of carbonyl (C=O) groups is 1. The minimum absolute atomic E-state index is 0.00970. The average molecular weight is 348 g/mol. The van der Waals surface area contributed by atoms with Gasteiger partial charge in [0.1, 0.15) is 5.84 Å². The molecule has 5 unspecified atom stereocenters. The van der Waals surface area contributed by atoms with Crippen LogP contribution < -0.4 is 5.32 Å². The van der Waals surface area contributed by atoms with E-state index in [2.05, 4.69) is 37.2 Å². The Hall–Kier alpha value is -1.75. The third-order valence-electron chi connectivity index (χ3n) is 4.54. The van der Waals surface area contributed by atoms with Crippen molar-refractivity contribution in [3.8, 4) is 0 Å². The van der Waals surface area contributed by atoms with Crippen LogP contribution in [0.2, 0.25) is 0 Å². The van der Waals surface area contributed by atoms with Crippen LogP contribution in [0.15, 0.2) is 28.8 Å². The van der Waals surface area contributed by atoms with Gasteiger partial charge < -0.3 is 10.1 Å². The summed E-state index contributed by atoms with van der Waals surface area (Å²) in [7, 11) is 0. The van der Waals surface area contributed by atoms with Crippen molar-refractivity contribution < 1.29 is 9.53 Å². The van der Waals surface area contributed by atoms with Crippen LogP contribution in [0.25, 0.3) is 0 Å². The van der Waals surface area contributed by atoms with Crippen LogP contribution in [0, 0.1) is 17.2 Å². The van der Waals surface area contributed by atoms with E-state index in [1.165, 1.54) is 11.6 Å². The third kappa shape index (κ3) is 7.34. The molecule has 0 aromatic rings. The van der Waals surface area contributed by atoms with Crippen molar-refractivity contribution in [2.45, 2.75) is 72.6 Å². The fourth-order valence-electron chi connectivity index (χ4n) is 2.88. The first-order valence-electron chi connectivity index (χ1n) is 9.09. The van der Waals surface area contributed by atoms with E-state index >= 15 is 0 Å². The second-order valence-electron chi connectivity index (χ2n) is 7.15. The van der Waals surface area contributed by atoms with Crippen molar-refractivity contribution >= 4 is 18.0 Å². The third-order valence-corrected chi connectivity index (χ3v) is 4.54. The lowest BCUT2D eigenvalue weighted by Gasteiger charge is -2.39. The van der Waals surface area contributed by atoms with Crippen LogP contribution in [-0.2, 0) is 9.53 Å². The first-order chi connectivity index (χ1) is 11.7. The van der Waals surface area contributed by atoms with Crippen molar-refractivity contribution in [1.29, 1.82) is 5.41 Å². The van der Waals surface area contributed by atoms with Crippen molar-refractivity contribution in [3.63, 3.8) is 0 Å². The Morgan fingerprint density at radius 3 is 2.68 bits per heavy atom. The molecular weight excluding hydrogens is 314 g/mol. The molecule has 25 heavy (non-hydrogen) atoms. The molecule has 0 aromatic carbocycles. The van der Waals surface area contributed by atoms with Crippen LogP contribution in [0.3, 0.4) is 0 Å². The molecule has 0 radical (unpaired) electrons. The summed E-state index contributed by atoms with van der Waals surface area (Å²) in [6, 6.07) is 0.0125. The zero-order valence-electron chi connectivity index (χ0n) is 16.4. The second kappa shape index (κ2) is 10.3. The van der Waals surface area contributed by atoms with Gasteiger partial charge in [-0.05, 0) is 52.5 Å². The maximum Gasteiger partial charge on any atom is 0.243 e. The number of ether oxygens (including phenoxy) is 1. The fraction of sp³-hybridized carbons (Fsp3) is 0.650. The van der Waals surface area contributed by atoms with Crippen molar-refractivity contribution in [2.75, 3.05) is 0 Å². The number of amidine groups is 1. The lowest BCUT2D eigenvalue weighted by atomic mass is 9.88. The molecule has 5 atom stereocenters. The largest absolute Gasteiger partial charge is 0.373 e. The minimum Gasteiger partial charge on any atom is -0.373 e. The van der Waals surface area contributed by atoms with E-state index in [9.17, 15) is 4.79 Å². The van der Waals surface area contributed by atoms with E-state index in [0.717, 1.165) is 12.8 Å². The maximum atomic E-state index is 12.2. The highest BCUT2D eigenvalue weighted by Gasteiger charge is 2.33. The molecule has 5 heteroatoms. The summed E-state index contributed by atoms with van der Waals surface area (Å²) < 4.78 is 6.12. The van der Waals surface area contributed by atoms with Crippen LogP contribution in [0.1, 0.15) is 54.4 Å². The summed E-state index contributed by atoms with van der Waals surface area (Å²) in [6.07, 6.45) is 9.03. The molecule has 1 fully saturated rings. The van der Waals surface area contributed by atoms with Crippen LogP contribution in [0.4, 0.5) is 0 Å². The van der Waals surface area contributed by atoms with Gasteiger partial charge >= 0.3 is 0 Å². The lowest BCUT2D eigenvalue weighted by molar-refractivity contribution is -0.123. The number of nitrogens with zero attached hydrogens (tertiary/aromatic N) is 1. The van der Waals surface area contributed by atoms with Gasteiger partial charge in [-0.25, -0.2) is 4.99 Å². The zero-order valence-corrected chi connectivity index (χ0v) is 16.4. The Balaban J connectivity index is 2.55. The number of allylic oxidation sites excluding steroid dienone is 1. The highest BCUT2D eigenvalue weighted by molar-refractivity contribution is 5.92. The Morgan fingerprint density at radius 1 is 1.40 bits per heavy atom. The Kier molecular flexibility index (Phi) is 8.76. The fourth-order valence-corrected chi connectivity index (χ4v) is 2.88. The number of hydrogen-bond donors (Lipinski definition) is 2. The molecule has 1 rings (SSSR count). The Morgan fingerprint density at radius 2 is 2.08 bits per heavy atom. The van der Waals surface area contributed by atoms with Crippen molar-refractivity contribution in [2.24, 2.45) is 16.8 Å². The molecule has 0 aromatic heterocycles. The molecule has 0 bridgehead atoms.